The molecule has 0 aromatic heterocycles. The van der Waals surface area contributed by atoms with Crippen LogP contribution in [-0.2, 0) is 9.53 Å². The lowest BCUT2D eigenvalue weighted by molar-refractivity contribution is -0.142. The maximum Gasteiger partial charge on any atom is 0.251 e. The molecular weight excluding hydrogens is 278 g/mol. The van der Waals surface area contributed by atoms with Gasteiger partial charge in [0.05, 0.1) is 6.61 Å². The van der Waals surface area contributed by atoms with Gasteiger partial charge in [-0.15, -0.1) is 0 Å². The van der Waals surface area contributed by atoms with Crippen molar-refractivity contribution >= 4 is 5.91 Å². The van der Waals surface area contributed by atoms with Crippen molar-refractivity contribution in [3.05, 3.63) is 29.8 Å². The first-order chi connectivity index (χ1) is 10.7. The number of aryl methyl sites for hydroxylation is 1. The Morgan fingerprint density at radius 2 is 1.95 bits per heavy atom. The summed E-state index contributed by atoms with van der Waals surface area (Å²) in [6.07, 6.45) is 3.75. The summed E-state index contributed by atoms with van der Waals surface area (Å²) in [7, 11) is 0. The number of hydrogen-bond acceptors (Lipinski definition) is 3. The van der Waals surface area contributed by atoms with E-state index in [1.807, 2.05) is 17.0 Å². The van der Waals surface area contributed by atoms with E-state index in [2.05, 4.69) is 19.1 Å². The summed E-state index contributed by atoms with van der Waals surface area (Å²) in [5, 5.41) is 0. The molecule has 0 bridgehead atoms. The molecule has 2 aliphatic heterocycles. The topological polar surface area (TPSA) is 38.8 Å². The van der Waals surface area contributed by atoms with Crippen LogP contribution in [0.1, 0.15) is 31.2 Å². The zero-order chi connectivity index (χ0) is 15.4. The molecule has 1 unspecified atom stereocenters. The molecule has 1 atom stereocenters. The summed E-state index contributed by atoms with van der Waals surface area (Å²) < 4.78 is 11.4. The molecule has 120 valence electrons. The van der Waals surface area contributed by atoms with Crippen molar-refractivity contribution in [3.63, 3.8) is 0 Å². The van der Waals surface area contributed by atoms with E-state index in [1.54, 1.807) is 0 Å². The van der Waals surface area contributed by atoms with Gasteiger partial charge in [-0.2, -0.15) is 0 Å². The van der Waals surface area contributed by atoms with Gasteiger partial charge in [0.1, 0.15) is 11.9 Å². The van der Waals surface area contributed by atoms with E-state index in [0.717, 1.165) is 57.7 Å². The van der Waals surface area contributed by atoms with Crippen molar-refractivity contribution in [3.8, 4) is 5.75 Å². The number of amides is 1. The van der Waals surface area contributed by atoms with Crippen LogP contribution in [0.3, 0.4) is 0 Å². The SMILES string of the molecule is Cc1ccc(OCC2CCN(C(=O)C3CCCO3)CC2)cc1. The van der Waals surface area contributed by atoms with Crippen LogP contribution < -0.4 is 4.74 Å². The van der Waals surface area contributed by atoms with Crippen molar-refractivity contribution in [2.24, 2.45) is 5.92 Å². The summed E-state index contributed by atoms with van der Waals surface area (Å²) in [4.78, 5) is 14.3. The predicted octanol–water partition coefficient (Wildman–Crippen LogP) is 2.79. The lowest BCUT2D eigenvalue weighted by Crippen LogP contribution is -2.44. The summed E-state index contributed by atoms with van der Waals surface area (Å²) >= 11 is 0. The molecule has 2 heterocycles. The molecule has 4 nitrogen and oxygen atoms in total. The number of piperidine rings is 1. The smallest absolute Gasteiger partial charge is 0.251 e. The summed E-state index contributed by atoms with van der Waals surface area (Å²) in [5.41, 5.74) is 1.24. The number of ether oxygens (including phenoxy) is 2. The van der Waals surface area contributed by atoms with Crippen molar-refractivity contribution in [2.75, 3.05) is 26.3 Å². The second-order valence-electron chi connectivity index (χ2n) is 6.39. The average Bonchev–Trinajstić information content (AvgIpc) is 3.09. The highest BCUT2D eigenvalue weighted by molar-refractivity contribution is 5.81. The molecule has 0 radical (unpaired) electrons. The Hall–Kier alpha value is -1.55. The molecule has 0 aliphatic carbocycles. The highest BCUT2D eigenvalue weighted by Gasteiger charge is 2.30. The van der Waals surface area contributed by atoms with Gasteiger partial charge in [-0.3, -0.25) is 4.79 Å². The van der Waals surface area contributed by atoms with Gasteiger partial charge in [-0.05, 0) is 50.7 Å². The van der Waals surface area contributed by atoms with E-state index < -0.39 is 0 Å². The maximum atomic E-state index is 12.3. The molecule has 2 fully saturated rings. The average molecular weight is 303 g/mol. The normalized spacial score (nSPS) is 22.8. The number of likely N-dealkylation sites (tertiary alicyclic amines) is 1. The Balaban J connectivity index is 1.41. The monoisotopic (exact) mass is 303 g/mol. The van der Waals surface area contributed by atoms with Gasteiger partial charge in [-0.1, -0.05) is 17.7 Å². The quantitative estimate of drug-likeness (QED) is 0.858. The van der Waals surface area contributed by atoms with Crippen LogP contribution in [0.5, 0.6) is 5.75 Å². The van der Waals surface area contributed by atoms with Gasteiger partial charge >= 0.3 is 0 Å². The van der Waals surface area contributed by atoms with Crippen LogP contribution in [-0.4, -0.2) is 43.2 Å². The first-order valence-electron chi connectivity index (χ1n) is 8.32. The van der Waals surface area contributed by atoms with Gasteiger partial charge in [0.2, 0.25) is 0 Å². The number of carbonyl (C=O) groups is 1. The second kappa shape index (κ2) is 7.14. The number of hydrogen-bond donors (Lipinski definition) is 0. The van der Waals surface area contributed by atoms with Crippen LogP contribution in [0.2, 0.25) is 0 Å². The third-order valence-electron chi connectivity index (χ3n) is 4.64. The molecule has 1 amide bonds. The van der Waals surface area contributed by atoms with Crippen LogP contribution in [0, 0.1) is 12.8 Å². The van der Waals surface area contributed by atoms with Crippen molar-refractivity contribution in [2.45, 2.75) is 38.7 Å². The fourth-order valence-corrected chi connectivity index (χ4v) is 3.14. The van der Waals surface area contributed by atoms with E-state index in [1.165, 1.54) is 5.56 Å². The van der Waals surface area contributed by atoms with Gasteiger partial charge in [0.15, 0.2) is 0 Å². The van der Waals surface area contributed by atoms with Crippen molar-refractivity contribution in [1.29, 1.82) is 0 Å². The van der Waals surface area contributed by atoms with Crippen LogP contribution in [0.15, 0.2) is 24.3 Å². The highest BCUT2D eigenvalue weighted by Crippen LogP contribution is 2.22. The van der Waals surface area contributed by atoms with Crippen molar-refractivity contribution < 1.29 is 14.3 Å². The van der Waals surface area contributed by atoms with Crippen molar-refractivity contribution in [1.82, 2.24) is 4.90 Å². The lowest BCUT2D eigenvalue weighted by atomic mass is 9.97. The molecule has 0 N–H and O–H groups in total. The molecule has 22 heavy (non-hydrogen) atoms. The molecule has 4 heteroatoms. The third-order valence-corrected chi connectivity index (χ3v) is 4.64. The largest absolute Gasteiger partial charge is 0.493 e. The molecule has 2 aliphatic rings. The van der Waals surface area contributed by atoms with E-state index in [4.69, 9.17) is 9.47 Å². The second-order valence-corrected chi connectivity index (χ2v) is 6.39. The standard InChI is InChI=1S/C18H25NO3/c1-14-4-6-16(7-5-14)22-13-15-8-10-19(11-9-15)18(20)17-3-2-12-21-17/h4-7,15,17H,2-3,8-13H2,1H3. The Morgan fingerprint density at radius 1 is 1.23 bits per heavy atom. The molecule has 3 rings (SSSR count). The Labute approximate surface area is 132 Å². The molecule has 2 saturated heterocycles. The van der Waals surface area contributed by atoms with Gasteiger partial charge in [0, 0.05) is 19.7 Å². The minimum absolute atomic E-state index is 0.180. The Morgan fingerprint density at radius 3 is 2.59 bits per heavy atom. The molecule has 1 aromatic rings. The number of rotatable bonds is 4. The van der Waals surface area contributed by atoms with E-state index in [9.17, 15) is 4.79 Å². The molecule has 0 saturated carbocycles. The van der Waals surface area contributed by atoms with E-state index >= 15 is 0 Å². The predicted molar refractivity (Wildman–Crippen MR) is 85.0 cm³/mol. The van der Waals surface area contributed by atoms with Crippen LogP contribution in [0.4, 0.5) is 0 Å². The summed E-state index contributed by atoms with van der Waals surface area (Å²) in [5.74, 6) is 1.66. The maximum absolute atomic E-state index is 12.3. The minimum atomic E-state index is -0.180. The number of benzene rings is 1. The minimum Gasteiger partial charge on any atom is -0.493 e. The fourth-order valence-electron chi connectivity index (χ4n) is 3.14. The number of nitrogens with zero attached hydrogens (tertiary/aromatic N) is 1. The fraction of sp³-hybridized carbons (Fsp3) is 0.611. The van der Waals surface area contributed by atoms with Gasteiger partial charge in [-0.25, -0.2) is 0 Å². The molecular formula is C18H25NO3. The Bertz CT molecular complexity index is 486. The van der Waals surface area contributed by atoms with E-state index in [-0.39, 0.29) is 12.0 Å². The highest BCUT2D eigenvalue weighted by atomic mass is 16.5. The van der Waals surface area contributed by atoms with Gasteiger partial charge in [0.25, 0.3) is 5.91 Å². The molecule has 0 spiro atoms. The first kappa shape index (κ1) is 15.3. The zero-order valence-corrected chi connectivity index (χ0v) is 13.3. The Kier molecular flexibility index (Phi) is 4.98. The summed E-state index contributed by atoms with van der Waals surface area (Å²) in [6, 6.07) is 8.17. The summed E-state index contributed by atoms with van der Waals surface area (Å²) in [6.45, 7) is 5.22. The molecule has 1 aromatic carbocycles. The van der Waals surface area contributed by atoms with Crippen LogP contribution in [0.25, 0.3) is 0 Å². The number of carbonyl (C=O) groups excluding carboxylic acids is 1. The van der Waals surface area contributed by atoms with Crippen LogP contribution >= 0.6 is 0 Å². The van der Waals surface area contributed by atoms with E-state index in [0.29, 0.717) is 5.92 Å². The lowest BCUT2D eigenvalue weighted by Gasteiger charge is -2.33. The zero-order valence-electron chi connectivity index (χ0n) is 13.3. The first-order valence-corrected chi connectivity index (χ1v) is 8.32. The third kappa shape index (κ3) is 3.80. The van der Waals surface area contributed by atoms with Gasteiger partial charge < -0.3 is 14.4 Å².